The molecule has 0 saturated carbocycles. The van der Waals surface area contributed by atoms with Crippen LogP contribution in [0.3, 0.4) is 0 Å². The van der Waals surface area contributed by atoms with Crippen LogP contribution in [0.15, 0.2) is 60.7 Å². The maximum atomic E-state index is 5.91. The van der Waals surface area contributed by atoms with Crippen molar-refractivity contribution in [1.82, 2.24) is 10.5 Å². The van der Waals surface area contributed by atoms with Crippen LogP contribution in [0, 0.1) is 0 Å². The summed E-state index contributed by atoms with van der Waals surface area (Å²) in [5.41, 5.74) is 20.8. The smallest absolute Gasteiger partial charge is 0.169 e. The zero-order chi connectivity index (χ0) is 16.4. The lowest BCUT2D eigenvalue weighted by molar-refractivity contribution is 0.997. The molecule has 5 heteroatoms. The minimum absolute atomic E-state index is 0.516. The van der Waals surface area contributed by atoms with Crippen LogP contribution in [0.5, 0.6) is 0 Å². The fraction of sp³-hybridized carbons (Fsp3) is 0.105. The van der Waals surface area contributed by atoms with Gasteiger partial charge < -0.3 is 11.2 Å². The Hall–Kier alpha value is -3.05. The third kappa shape index (κ3) is 3.02. The first kappa shape index (κ1) is 14.5. The maximum Gasteiger partial charge on any atom is 0.169 e. The van der Waals surface area contributed by atoms with Gasteiger partial charge in [-0.2, -0.15) is 0 Å². The highest BCUT2D eigenvalue weighted by atomic mass is 15.6. The minimum Gasteiger partial charge on any atom is -0.384 e. The lowest BCUT2D eigenvalue weighted by Crippen LogP contribution is -2.19. The third-order valence-electron chi connectivity index (χ3n) is 4.13. The number of hydrogen-bond donors (Lipinski definition) is 4. The summed E-state index contributed by atoms with van der Waals surface area (Å²) in [5.74, 6) is 1.26. The Morgan fingerprint density at radius 1 is 0.792 bits per heavy atom. The van der Waals surface area contributed by atoms with Crippen LogP contribution in [-0.4, -0.2) is 4.98 Å². The number of rotatable bonds is 4. The molecule has 120 valence electrons. The van der Waals surface area contributed by atoms with Gasteiger partial charge in [0.2, 0.25) is 0 Å². The Kier molecular flexibility index (Phi) is 3.76. The summed E-state index contributed by atoms with van der Waals surface area (Å²) in [6.07, 6.45) is 1.74. The Morgan fingerprint density at radius 2 is 1.54 bits per heavy atom. The second kappa shape index (κ2) is 6.22. The van der Waals surface area contributed by atoms with Crippen molar-refractivity contribution in [3.05, 3.63) is 82.9 Å². The van der Waals surface area contributed by atoms with Crippen LogP contribution in [0.25, 0.3) is 0 Å². The first-order valence-electron chi connectivity index (χ1n) is 7.96. The number of hydrogen-bond acceptors (Lipinski definition) is 5. The van der Waals surface area contributed by atoms with Gasteiger partial charge in [-0.05, 0) is 41.2 Å². The predicted octanol–water partition coefficient (Wildman–Crippen LogP) is 3.10. The lowest BCUT2D eigenvalue weighted by atomic mass is 9.99. The third-order valence-corrected chi connectivity index (χ3v) is 4.13. The molecule has 1 aromatic heterocycles. The molecule has 0 atom stereocenters. The molecule has 0 amide bonds. The molecule has 0 spiro atoms. The zero-order valence-corrected chi connectivity index (χ0v) is 13.2. The minimum atomic E-state index is 0.516. The van der Waals surface area contributed by atoms with Gasteiger partial charge in [-0.1, -0.05) is 54.6 Å². The molecule has 0 unspecified atom stereocenters. The molecule has 3 aromatic rings. The summed E-state index contributed by atoms with van der Waals surface area (Å²) < 4.78 is 0. The van der Waals surface area contributed by atoms with Gasteiger partial charge in [-0.3, -0.25) is 5.43 Å². The summed E-state index contributed by atoms with van der Waals surface area (Å²) in [5, 5.41) is 0. The Bertz CT molecular complexity index is 861. The number of nitrogens with one attached hydrogen (secondary N) is 3. The van der Waals surface area contributed by atoms with Gasteiger partial charge in [-0.15, -0.1) is 5.53 Å². The molecule has 0 bridgehead atoms. The monoisotopic (exact) mass is 317 g/mol. The van der Waals surface area contributed by atoms with Crippen LogP contribution < -0.4 is 22.1 Å². The Labute approximate surface area is 140 Å². The number of pyridine rings is 1. The van der Waals surface area contributed by atoms with Gasteiger partial charge in [0.25, 0.3) is 0 Å². The second-order valence-corrected chi connectivity index (χ2v) is 5.96. The van der Waals surface area contributed by atoms with E-state index in [0.29, 0.717) is 5.82 Å². The summed E-state index contributed by atoms with van der Waals surface area (Å²) in [6, 6.07) is 21.1. The topological polar surface area (TPSA) is 75.0 Å². The van der Waals surface area contributed by atoms with Gasteiger partial charge in [0.15, 0.2) is 5.82 Å². The molecule has 4 rings (SSSR count). The standard InChI is InChI=1S/C19H19N5/c20-17-12-16(18-19(21-17)23-24-22-18)11-15-8-4-7-14(10-15)9-13-5-2-1-3-6-13/h1-8,10,12,22,24H,9,11H2,(H3,20,21,23). The highest BCUT2D eigenvalue weighted by Crippen LogP contribution is 2.30. The molecule has 24 heavy (non-hydrogen) atoms. The van der Waals surface area contributed by atoms with Gasteiger partial charge in [0.1, 0.15) is 5.82 Å². The van der Waals surface area contributed by atoms with Gasteiger partial charge in [0, 0.05) is 0 Å². The average Bonchev–Trinajstić information content (AvgIpc) is 3.04. The van der Waals surface area contributed by atoms with Gasteiger partial charge in [-0.25, -0.2) is 4.98 Å². The molecule has 0 aliphatic carbocycles. The molecule has 0 saturated heterocycles. The summed E-state index contributed by atoms with van der Waals surface area (Å²) in [6.45, 7) is 0. The number of anilines is 3. The highest BCUT2D eigenvalue weighted by Gasteiger charge is 2.16. The number of hydrazine groups is 2. The number of benzene rings is 2. The molecule has 5 nitrogen and oxygen atoms in total. The number of nitrogens with zero attached hydrogens (tertiary/aromatic N) is 1. The van der Waals surface area contributed by atoms with E-state index in [-0.39, 0.29) is 0 Å². The summed E-state index contributed by atoms with van der Waals surface area (Å²) >= 11 is 0. The molecule has 5 N–H and O–H groups in total. The molecule has 0 fully saturated rings. The van der Waals surface area contributed by atoms with Crippen molar-refractivity contribution in [3.8, 4) is 0 Å². The van der Waals surface area contributed by atoms with Crippen LogP contribution in [0.2, 0.25) is 0 Å². The number of nitrogen functional groups attached to an aromatic ring is 1. The molecule has 0 radical (unpaired) electrons. The SMILES string of the molecule is Nc1cc(Cc2cccc(Cc3ccccc3)c2)c2c(n1)NNN2. The van der Waals surface area contributed by atoms with Crippen LogP contribution in [0.4, 0.5) is 17.3 Å². The van der Waals surface area contributed by atoms with E-state index in [1.54, 1.807) is 0 Å². The zero-order valence-electron chi connectivity index (χ0n) is 13.2. The normalized spacial score (nSPS) is 12.3. The van der Waals surface area contributed by atoms with Crippen LogP contribution in [0.1, 0.15) is 22.3 Å². The largest absolute Gasteiger partial charge is 0.384 e. The first-order valence-corrected chi connectivity index (χ1v) is 7.96. The van der Waals surface area contributed by atoms with Gasteiger partial charge in [0.05, 0.1) is 5.69 Å². The van der Waals surface area contributed by atoms with Crippen LogP contribution in [-0.2, 0) is 12.8 Å². The van der Waals surface area contributed by atoms with Gasteiger partial charge >= 0.3 is 0 Å². The quantitative estimate of drug-likeness (QED) is 0.595. The maximum absolute atomic E-state index is 5.91. The number of fused-ring (bicyclic) bond motifs is 1. The van der Waals surface area contributed by atoms with E-state index in [4.69, 9.17) is 5.73 Å². The molecule has 2 aromatic carbocycles. The van der Waals surface area contributed by atoms with E-state index in [9.17, 15) is 0 Å². The Balaban J connectivity index is 1.59. The number of aromatic nitrogens is 1. The van der Waals surface area contributed by atoms with Crippen molar-refractivity contribution in [3.63, 3.8) is 0 Å². The van der Waals surface area contributed by atoms with E-state index in [1.807, 2.05) is 12.1 Å². The fourth-order valence-electron chi connectivity index (χ4n) is 3.04. The lowest BCUT2D eigenvalue weighted by Gasteiger charge is -2.10. The van der Waals surface area contributed by atoms with E-state index in [2.05, 4.69) is 69.9 Å². The molecule has 1 aliphatic heterocycles. The molecular formula is C19H19N5. The number of nitrogens with two attached hydrogens (primary N) is 1. The van der Waals surface area contributed by atoms with Crippen LogP contribution >= 0.6 is 0 Å². The van der Waals surface area contributed by atoms with E-state index >= 15 is 0 Å². The summed E-state index contributed by atoms with van der Waals surface area (Å²) in [4.78, 5) is 4.27. The predicted molar refractivity (Wildman–Crippen MR) is 97.5 cm³/mol. The highest BCUT2D eigenvalue weighted by molar-refractivity contribution is 5.74. The average molecular weight is 317 g/mol. The van der Waals surface area contributed by atoms with Crippen molar-refractivity contribution in [2.75, 3.05) is 16.6 Å². The molecule has 1 aliphatic rings. The fourth-order valence-corrected chi connectivity index (χ4v) is 3.04. The second-order valence-electron chi connectivity index (χ2n) is 5.96. The Morgan fingerprint density at radius 3 is 2.38 bits per heavy atom. The molecule has 2 heterocycles. The van der Waals surface area contributed by atoms with Crippen molar-refractivity contribution < 1.29 is 0 Å². The van der Waals surface area contributed by atoms with E-state index < -0.39 is 0 Å². The van der Waals surface area contributed by atoms with Crippen molar-refractivity contribution in [2.45, 2.75) is 12.8 Å². The van der Waals surface area contributed by atoms with Crippen molar-refractivity contribution >= 4 is 17.3 Å². The molecular weight excluding hydrogens is 298 g/mol. The van der Waals surface area contributed by atoms with Crippen molar-refractivity contribution in [1.29, 1.82) is 0 Å². The first-order chi connectivity index (χ1) is 11.8. The van der Waals surface area contributed by atoms with E-state index in [1.165, 1.54) is 16.7 Å². The van der Waals surface area contributed by atoms with E-state index in [0.717, 1.165) is 29.9 Å². The van der Waals surface area contributed by atoms with Crippen molar-refractivity contribution in [2.24, 2.45) is 0 Å². The summed E-state index contributed by atoms with van der Waals surface area (Å²) in [7, 11) is 0.